The number of allylic oxidation sites excluding steroid dienone is 1. The zero-order chi connectivity index (χ0) is 18.2. The van der Waals surface area contributed by atoms with Crippen LogP contribution in [0.15, 0.2) is 36.1 Å². The number of carbonyl (C=O) groups is 1. The molecule has 138 valence electrons. The molecule has 0 bridgehead atoms. The molecule has 1 heterocycles. The second-order valence-electron chi connectivity index (χ2n) is 6.17. The summed E-state index contributed by atoms with van der Waals surface area (Å²) in [5.41, 5.74) is 0.807. The molecule has 1 aliphatic rings. The van der Waals surface area contributed by atoms with Crippen LogP contribution in [-0.4, -0.2) is 30.5 Å². The van der Waals surface area contributed by atoms with Crippen LogP contribution in [0, 0.1) is 17.7 Å². The van der Waals surface area contributed by atoms with Crippen molar-refractivity contribution < 1.29 is 23.8 Å². The van der Waals surface area contributed by atoms with E-state index in [9.17, 15) is 9.18 Å². The number of benzene rings is 1. The first kappa shape index (κ1) is 19.4. The molecule has 0 fully saturated rings. The quantitative estimate of drug-likeness (QED) is 0.756. The molecule has 0 saturated carbocycles. The van der Waals surface area contributed by atoms with Crippen LogP contribution in [0.4, 0.5) is 4.39 Å². The number of nitrogens with one attached hydrogen (secondary N) is 1. The van der Waals surface area contributed by atoms with E-state index in [2.05, 4.69) is 5.32 Å². The first-order valence-corrected chi connectivity index (χ1v) is 8.68. The summed E-state index contributed by atoms with van der Waals surface area (Å²) in [4.78, 5) is 12.4. The SMILES string of the molecule is CCO[C@H]1OC(C(=O)NCc2ccc(F)cc2)=C[C@@H](C)[C@H]1CCCO. The van der Waals surface area contributed by atoms with Crippen molar-refractivity contribution in [2.24, 2.45) is 11.8 Å². The molecule has 1 aliphatic heterocycles. The van der Waals surface area contributed by atoms with Crippen molar-refractivity contribution in [3.05, 3.63) is 47.5 Å². The molecule has 0 aromatic heterocycles. The molecular formula is C19H26FNO4. The van der Waals surface area contributed by atoms with E-state index in [1.54, 1.807) is 18.2 Å². The van der Waals surface area contributed by atoms with Gasteiger partial charge in [-0.25, -0.2) is 4.39 Å². The Morgan fingerprint density at radius 1 is 1.36 bits per heavy atom. The molecule has 3 atom stereocenters. The number of hydrogen-bond donors (Lipinski definition) is 2. The summed E-state index contributed by atoms with van der Waals surface area (Å²) >= 11 is 0. The lowest BCUT2D eigenvalue weighted by Gasteiger charge is -2.35. The summed E-state index contributed by atoms with van der Waals surface area (Å²) in [6.45, 7) is 4.79. The van der Waals surface area contributed by atoms with E-state index in [0.717, 1.165) is 12.0 Å². The Hall–Kier alpha value is -1.92. The summed E-state index contributed by atoms with van der Waals surface area (Å²) in [7, 11) is 0. The van der Waals surface area contributed by atoms with Gasteiger partial charge in [0.15, 0.2) is 5.76 Å². The van der Waals surface area contributed by atoms with E-state index < -0.39 is 6.29 Å². The van der Waals surface area contributed by atoms with E-state index in [1.165, 1.54) is 12.1 Å². The summed E-state index contributed by atoms with van der Waals surface area (Å²) in [5, 5.41) is 11.8. The Labute approximate surface area is 147 Å². The second-order valence-corrected chi connectivity index (χ2v) is 6.17. The fraction of sp³-hybridized carbons (Fsp3) is 0.526. The third kappa shape index (κ3) is 5.54. The molecule has 2 N–H and O–H groups in total. The van der Waals surface area contributed by atoms with E-state index in [4.69, 9.17) is 14.6 Å². The van der Waals surface area contributed by atoms with Gasteiger partial charge in [-0.2, -0.15) is 0 Å². The molecule has 0 aliphatic carbocycles. The van der Waals surface area contributed by atoms with Crippen LogP contribution < -0.4 is 5.32 Å². The average Bonchev–Trinajstić information content (AvgIpc) is 2.60. The monoisotopic (exact) mass is 351 g/mol. The van der Waals surface area contributed by atoms with Gasteiger partial charge in [-0.3, -0.25) is 4.79 Å². The van der Waals surface area contributed by atoms with Gasteiger partial charge in [0, 0.05) is 25.7 Å². The minimum absolute atomic E-state index is 0.0979. The Bertz CT molecular complexity index is 588. The molecule has 1 aromatic carbocycles. The van der Waals surface area contributed by atoms with Crippen molar-refractivity contribution in [2.75, 3.05) is 13.2 Å². The van der Waals surface area contributed by atoms with Crippen molar-refractivity contribution in [3.63, 3.8) is 0 Å². The maximum absolute atomic E-state index is 12.9. The van der Waals surface area contributed by atoms with Crippen LogP contribution in [0.5, 0.6) is 0 Å². The number of aliphatic hydroxyl groups is 1. The average molecular weight is 351 g/mol. The zero-order valence-electron chi connectivity index (χ0n) is 14.7. The molecule has 6 heteroatoms. The molecule has 0 radical (unpaired) electrons. The standard InChI is InChI=1S/C19H26FNO4/c1-3-24-19-16(5-4-10-22)13(2)11-17(25-19)18(23)21-12-14-6-8-15(20)9-7-14/h6-9,11,13,16,19,22H,3-5,10,12H2,1-2H3,(H,21,23)/t13-,16-,19+/m1/s1. The summed E-state index contributed by atoms with van der Waals surface area (Å²) < 4.78 is 24.3. The van der Waals surface area contributed by atoms with Gasteiger partial charge in [-0.05, 0) is 49.5 Å². The summed E-state index contributed by atoms with van der Waals surface area (Å²) in [6, 6.07) is 5.97. The van der Waals surface area contributed by atoms with E-state index >= 15 is 0 Å². The van der Waals surface area contributed by atoms with Crippen LogP contribution in [0.1, 0.15) is 32.3 Å². The molecular weight excluding hydrogens is 325 g/mol. The lowest BCUT2D eigenvalue weighted by Crippen LogP contribution is -2.38. The highest BCUT2D eigenvalue weighted by atomic mass is 19.1. The number of halogens is 1. The first-order valence-electron chi connectivity index (χ1n) is 8.68. The van der Waals surface area contributed by atoms with Crippen molar-refractivity contribution in [1.29, 1.82) is 0 Å². The molecule has 0 unspecified atom stereocenters. The lowest BCUT2D eigenvalue weighted by molar-refractivity contribution is -0.171. The van der Waals surface area contributed by atoms with Crippen LogP contribution >= 0.6 is 0 Å². The van der Waals surface area contributed by atoms with Crippen molar-refractivity contribution in [3.8, 4) is 0 Å². The minimum Gasteiger partial charge on any atom is -0.459 e. The van der Waals surface area contributed by atoms with Gasteiger partial charge < -0.3 is 19.9 Å². The molecule has 25 heavy (non-hydrogen) atoms. The molecule has 1 aromatic rings. The minimum atomic E-state index is -0.497. The number of amides is 1. The highest BCUT2D eigenvalue weighted by Crippen LogP contribution is 2.32. The zero-order valence-corrected chi connectivity index (χ0v) is 14.7. The van der Waals surface area contributed by atoms with Gasteiger partial charge in [-0.15, -0.1) is 0 Å². The van der Waals surface area contributed by atoms with Crippen LogP contribution in [0.3, 0.4) is 0 Å². The topological polar surface area (TPSA) is 67.8 Å². The summed E-state index contributed by atoms with van der Waals surface area (Å²) in [6.07, 6.45) is 2.74. The van der Waals surface area contributed by atoms with Crippen molar-refractivity contribution in [2.45, 2.75) is 39.5 Å². The van der Waals surface area contributed by atoms with Gasteiger partial charge in [-0.1, -0.05) is 19.1 Å². The normalized spacial score (nSPS) is 22.9. The predicted molar refractivity (Wildman–Crippen MR) is 91.8 cm³/mol. The van der Waals surface area contributed by atoms with Crippen LogP contribution in [-0.2, 0) is 20.8 Å². The largest absolute Gasteiger partial charge is 0.459 e. The van der Waals surface area contributed by atoms with E-state index in [0.29, 0.717) is 19.6 Å². The highest BCUT2D eigenvalue weighted by Gasteiger charge is 2.34. The summed E-state index contributed by atoms with van der Waals surface area (Å²) in [5.74, 6) is -0.185. The Morgan fingerprint density at radius 2 is 2.08 bits per heavy atom. The third-order valence-corrected chi connectivity index (χ3v) is 4.30. The number of ether oxygens (including phenoxy) is 2. The first-order chi connectivity index (χ1) is 12.0. The Balaban J connectivity index is 1.99. The van der Waals surface area contributed by atoms with E-state index in [-0.39, 0.29) is 35.9 Å². The number of hydrogen-bond acceptors (Lipinski definition) is 4. The Morgan fingerprint density at radius 3 is 2.72 bits per heavy atom. The van der Waals surface area contributed by atoms with Crippen molar-refractivity contribution >= 4 is 5.91 Å². The highest BCUT2D eigenvalue weighted by molar-refractivity contribution is 5.91. The van der Waals surface area contributed by atoms with Crippen LogP contribution in [0.2, 0.25) is 0 Å². The molecule has 0 spiro atoms. The smallest absolute Gasteiger partial charge is 0.286 e. The van der Waals surface area contributed by atoms with Gasteiger partial charge in [0.25, 0.3) is 5.91 Å². The fourth-order valence-corrected chi connectivity index (χ4v) is 2.91. The number of carbonyl (C=O) groups excluding carboxylic acids is 1. The van der Waals surface area contributed by atoms with E-state index in [1.807, 2.05) is 13.8 Å². The fourth-order valence-electron chi connectivity index (χ4n) is 2.91. The van der Waals surface area contributed by atoms with Crippen LogP contribution in [0.25, 0.3) is 0 Å². The van der Waals surface area contributed by atoms with Gasteiger partial charge >= 0.3 is 0 Å². The number of aliphatic hydroxyl groups excluding tert-OH is 1. The molecule has 0 saturated heterocycles. The van der Waals surface area contributed by atoms with Gasteiger partial charge in [0.1, 0.15) is 5.82 Å². The molecule has 2 rings (SSSR count). The lowest BCUT2D eigenvalue weighted by atomic mass is 9.87. The number of rotatable bonds is 8. The van der Waals surface area contributed by atoms with Gasteiger partial charge in [0.05, 0.1) is 0 Å². The Kier molecular flexibility index (Phi) is 7.40. The maximum Gasteiger partial charge on any atom is 0.286 e. The second kappa shape index (κ2) is 9.53. The van der Waals surface area contributed by atoms with Gasteiger partial charge in [0.2, 0.25) is 6.29 Å². The maximum atomic E-state index is 12.9. The molecule has 5 nitrogen and oxygen atoms in total. The predicted octanol–water partition coefficient (Wildman–Crippen LogP) is 2.74. The third-order valence-electron chi connectivity index (χ3n) is 4.30. The molecule has 1 amide bonds. The van der Waals surface area contributed by atoms with Crippen molar-refractivity contribution in [1.82, 2.24) is 5.32 Å².